The molecule has 1 aliphatic heterocycles. The van der Waals surface area contributed by atoms with Crippen LogP contribution in [0.3, 0.4) is 0 Å². The van der Waals surface area contributed by atoms with Gasteiger partial charge in [0.05, 0.1) is 29.9 Å². The number of fused-ring (bicyclic) bond motifs is 2. The highest BCUT2D eigenvalue weighted by Crippen LogP contribution is 2.22. The molecule has 0 radical (unpaired) electrons. The number of ketones is 2. The average Bonchev–Trinajstić information content (AvgIpc) is 3.24. The van der Waals surface area contributed by atoms with Crippen molar-refractivity contribution in [3.63, 3.8) is 0 Å². The molecule has 3 aromatic heterocycles. The van der Waals surface area contributed by atoms with Gasteiger partial charge in [0.25, 0.3) is 11.5 Å². The zero-order valence-corrected chi connectivity index (χ0v) is 20.4. The molecule has 1 saturated heterocycles. The molecule has 0 aromatic carbocycles. The van der Waals surface area contributed by atoms with Crippen molar-refractivity contribution in [2.24, 2.45) is 7.05 Å². The summed E-state index contributed by atoms with van der Waals surface area (Å²) in [7, 11) is 1.75. The first kappa shape index (κ1) is 23.7. The maximum absolute atomic E-state index is 13.1. The van der Waals surface area contributed by atoms with Crippen LogP contribution in [0, 0.1) is 0 Å². The minimum Gasteiger partial charge on any atom is -0.462 e. The normalized spacial score (nSPS) is 15.6. The van der Waals surface area contributed by atoms with E-state index in [4.69, 9.17) is 4.74 Å². The second-order valence-electron chi connectivity index (χ2n) is 8.78. The second-order valence-corrected chi connectivity index (χ2v) is 8.78. The number of nitrogens with zero attached hydrogens (tertiary/aromatic N) is 7. The number of anilines is 1. The number of esters is 1. The lowest BCUT2D eigenvalue weighted by atomic mass is 9.94. The van der Waals surface area contributed by atoms with Crippen LogP contribution < -0.4 is 9.58 Å². The quantitative estimate of drug-likeness (QED) is 0.272. The van der Waals surface area contributed by atoms with Crippen LogP contribution in [0.1, 0.15) is 55.9 Å². The highest BCUT2D eigenvalue weighted by Gasteiger charge is 2.43. The number of piperazine rings is 1. The van der Waals surface area contributed by atoms with Gasteiger partial charge in [0.2, 0.25) is 5.78 Å². The Labute approximate surface area is 208 Å². The number of aryl methyl sites for hydroxylation is 1. The first-order valence-corrected chi connectivity index (χ1v) is 12.1. The largest absolute Gasteiger partial charge is 0.462 e. The molecule has 11 heteroatoms. The van der Waals surface area contributed by atoms with Crippen molar-refractivity contribution >= 4 is 23.4 Å². The number of rotatable bonds is 7. The van der Waals surface area contributed by atoms with E-state index in [9.17, 15) is 14.4 Å². The van der Waals surface area contributed by atoms with Crippen molar-refractivity contribution in [1.82, 2.24) is 24.8 Å². The summed E-state index contributed by atoms with van der Waals surface area (Å²) in [4.78, 5) is 52.4. The molecule has 1 aliphatic carbocycles. The fourth-order valence-corrected chi connectivity index (χ4v) is 4.71. The van der Waals surface area contributed by atoms with Crippen LogP contribution in [0.15, 0.2) is 36.7 Å². The number of aromatic nitrogens is 5. The van der Waals surface area contributed by atoms with Gasteiger partial charge in [-0.1, -0.05) is 0 Å². The highest BCUT2D eigenvalue weighted by molar-refractivity contribution is 6.25. The van der Waals surface area contributed by atoms with E-state index in [2.05, 4.69) is 24.9 Å². The predicted molar refractivity (Wildman–Crippen MR) is 128 cm³/mol. The van der Waals surface area contributed by atoms with Crippen LogP contribution >= 0.6 is 0 Å². The molecular weight excluding hydrogens is 462 g/mol. The third kappa shape index (κ3) is 4.37. The molecule has 36 heavy (non-hydrogen) atoms. The molecule has 0 unspecified atom stereocenters. The summed E-state index contributed by atoms with van der Waals surface area (Å²) < 4.78 is 6.80. The molecule has 1 fully saturated rings. The summed E-state index contributed by atoms with van der Waals surface area (Å²) in [6.07, 6.45) is 3.89. The topological polar surface area (TPSA) is 114 Å². The molecule has 0 N–H and O–H groups in total. The average molecular weight is 491 g/mol. The summed E-state index contributed by atoms with van der Waals surface area (Å²) in [6, 6.07) is 6.91. The van der Waals surface area contributed by atoms with Gasteiger partial charge < -0.3 is 9.64 Å². The number of pyridine rings is 2. The van der Waals surface area contributed by atoms with Gasteiger partial charge in [-0.05, 0) is 42.4 Å². The Hall–Kier alpha value is -3.99. The van der Waals surface area contributed by atoms with Gasteiger partial charge in [-0.15, -0.1) is 4.68 Å². The van der Waals surface area contributed by atoms with Gasteiger partial charge in [-0.25, -0.2) is 9.78 Å². The standard InChI is InChI=1S/C25H28N7O4/c1-3-36-25(35)17-7-8-19(27-16-17)31-14-12-30(13-15-31)10-5-11-32-22-21(28-29(32)2)24(34)20-18(23(22)33)6-4-9-26-20/h4,6-9,16H,3,5,10-15H2,1-2H3/q+1. The van der Waals surface area contributed by atoms with Gasteiger partial charge in [0.1, 0.15) is 18.1 Å². The van der Waals surface area contributed by atoms with E-state index in [1.54, 1.807) is 47.8 Å². The van der Waals surface area contributed by atoms with E-state index in [0.717, 1.165) is 45.0 Å². The van der Waals surface area contributed by atoms with Crippen LogP contribution in [-0.4, -0.2) is 81.6 Å². The maximum atomic E-state index is 13.1. The Bertz CT molecular complexity index is 1310. The number of hydrogen-bond acceptors (Lipinski definition) is 9. The number of hydrogen-bond donors (Lipinski definition) is 0. The molecule has 0 bridgehead atoms. The minimum atomic E-state index is -0.360. The lowest BCUT2D eigenvalue weighted by Crippen LogP contribution is -2.50. The Kier molecular flexibility index (Phi) is 6.55. The molecule has 0 saturated carbocycles. The minimum absolute atomic E-state index is 0.170. The van der Waals surface area contributed by atoms with Crippen molar-refractivity contribution in [2.75, 3.05) is 44.2 Å². The van der Waals surface area contributed by atoms with Crippen molar-refractivity contribution in [3.05, 3.63) is 64.9 Å². The maximum Gasteiger partial charge on any atom is 0.339 e. The molecule has 0 amide bonds. The zero-order chi connectivity index (χ0) is 25.2. The van der Waals surface area contributed by atoms with E-state index in [-0.39, 0.29) is 28.9 Å². The van der Waals surface area contributed by atoms with Crippen LogP contribution in [0.5, 0.6) is 0 Å². The molecular formula is C25H28N7O4+. The molecule has 2 aliphatic rings. The smallest absolute Gasteiger partial charge is 0.339 e. The summed E-state index contributed by atoms with van der Waals surface area (Å²) in [5.41, 5.74) is 1.46. The van der Waals surface area contributed by atoms with E-state index < -0.39 is 0 Å². The zero-order valence-electron chi connectivity index (χ0n) is 20.4. The van der Waals surface area contributed by atoms with E-state index in [0.29, 0.717) is 30.0 Å². The number of carbonyl (C=O) groups is 3. The fraction of sp³-hybridized carbons (Fsp3) is 0.400. The van der Waals surface area contributed by atoms with Crippen LogP contribution in [-0.2, 0) is 18.3 Å². The van der Waals surface area contributed by atoms with Crippen molar-refractivity contribution < 1.29 is 23.8 Å². The van der Waals surface area contributed by atoms with Gasteiger partial charge in [0.15, 0.2) is 0 Å². The van der Waals surface area contributed by atoms with Crippen molar-refractivity contribution in [1.29, 1.82) is 0 Å². The van der Waals surface area contributed by atoms with Crippen molar-refractivity contribution in [3.8, 4) is 0 Å². The molecule has 186 valence electrons. The predicted octanol–water partition coefficient (Wildman–Crippen LogP) is 0.662. The summed E-state index contributed by atoms with van der Waals surface area (Å²) >= 11 is 0. The fourth-order valence-electron chi connectivity index (χ4n) is 4.71. The van der Waals surface area contributed by atoms with E-state index in [1.807, 2.05) is 6.07 Å². The van der Waals surface area contributed by atoms with Gasteiger partial charge in [-0.3, -0.25) is 19.5 Å². The SMILES string of the molecule is CCOC(=O)c1ccc(N2CCN(CCC[n+]3c4c(nn3C)C(=O)c3ncccc3C4=O)CC2)nc1. The van der Waals surface area contributed by atoms with Crippen molar-refractivity contribution in [2.45, 2.75) is 19.9 Å². The van der Waals surface area contributed by atoms with E-state index in [1.165, 1.54) is 6.20 Å². The Balaban J connectivity index is 1.16. The lowest BCUT2D eigenvalue weighted by molar-refractivity contribution is -0.779. The second kappa shape index (κ2) is 9.94. The first-order valence-electron chi connectivity index (χ1n) is 12.1. The highest BCUT2D eigenvalue weighted by atomic mass is 16.5. The molecule has 0 atom stereocenters. The van der Waals surface area contributed by atoms with E-state index >= 15 is 0 Å². The van der Waals surface area contributed by atoms with Gasteiger partial charge >= 0.3 is 11.7 Å². The monoisotopic (exact) mass is 490 g/mol. The number of carbonyl (C=O) groups excluding carboxylic acids is 3. The molecule has 11 nitrogen and oxygen atoms in total. The summed E-state index contributed by atoms with van der Waals surface area (Å²) in [5, 5.41) is 4.33. The number of ether oxygens (including phenoxy) is 1. The molecule has 0 spiro atoms. The molecule has 4 heterocycles. The lowest BCUT2D eigenvalue weighted by Gasteiger charge is -2.35. The Morgan fingerprint density at radius 1 is 1.06 bits per heavy atom. The van der Waals surface area contributed by atoms with Gasteiger partial charge in [-0.2, -0.15) is 0 Å². The van der Waals surface area contributed by atoms with Crippen LogP contribution in [0.25, 0.3) is 0 Å². The molecule has 5 rings (SSSR count). The Morgan fingerprint density at radius 3 is 2.58 bits per heavy atom. The summed E-state index contributed by atoms with van der Waals surface area (Å²) in [5.74, 6) is -0.0379. The van der Waals surface area contributed by atoms with Crippen LogP contribution in [0.2, 0.25) is 0 Å². The van der Waals surface area contributed by atoms with Crippen LogP contribution in [0.4, 0.5) is 5.82 Å². The third-order valence-electron chi connectivity index (χ3n) is 6.57. The summed E-state index contributed by atoms with van der Waals surface area (Å²) in [6.45, 7) is 6.97. The first-order chi connectivity index (χ1) is 17.5. The van der Waals surface area contributed by atoms with Gasteiger partial charge in [0, 0.05) is 45.1 Å². The third-order valence-corrected chi connectivity index (χ3v) is 6.57. The Morgan fingerprint density at radius 2 is 1.86 bits per heavy atom. The molecule has 3 aromatic rings.